The van der Waals surface area contributed by atoms with E-state index in [1.54, 1.807) is 25.3 Å². The molecule has 166 valence electrons. The van der Waals surface area contributed by atoms with Crippen molar-refractivity contribution >= 4 is 29.3 Å². The second kappa shape index (κ2) is 11.3. The van der Waals surface area contributed by atoms with E-state index in [9.17, 15) is 4.79 Å². The molecule has 1 amide bonds. The van der Waals surface area contributed by atoms with Gasteiger partial charge in [-0.25, -0.2) is 0 Å². The predicted octanol–water partition coefficient (Wildman–Crippen LogP) is 6.37. The van der Waals surface area contributed by atoms with E-state index >= 15 is 0 Å². The van der Waals surface area contributed by atoms with E-state index in [-0.39, 0.29) is 12.0 Å². The van der Waals surface area contributed by atoms with E-state index < -0.39 is 0 Å². The average molecular weight is 452 g/mol. The van der Waals surface area contributed by atoms with Gasteiger partial charge in [0.25, 0.3) is 0 Å². The molecule has 0 radical (unpaired) electrons. The number of hydrogen-bond acceptors (Lipinski definition) is 4. The zero-order valence-corrected chi connectivity index (χ0v) is 19.1. The number of carbonyl (C=O) groups excluding carboxylic acids is 1. The van der Waals surface area contributed by atoms with Crippen molar-refractivity contribution in [2.45, 2.75) is 26.6 Å². The maximum atomic E-state index is 12.3. The molecule has 0 spiro atoms. The zero-order chi connectivity index (χ0) is 22.9. The highest BCUT2D eigenvalue weighted by Crippen LogP contribution is 2.29. The summed E-state index contributed by atoms with van der Waals surface area (Å²) in [5, 5.41) is 3.51. The molecule has 0 bridgehead atoms. The maximum Gasteiger partial charge on any atom is 0.248 e. The maximum absolute atomic E-state index is 12.3. The molecule has 0 aliphatic rings. The minimum absolute atomic E-state index is 0.101. The largest absolute Gasteiger partial charge is 0.493 e. The van der Waals surface area contributed by atoms with E-state index in [0.717, 1.165) is 16.9 Å². The number of anilines is 1. The minimum Gasteiger partial charge on any atom is -0.493 e. The number of hydrogen-bond donors (Lipinski definition) is 1. The normalized spacial score (nSPS) is 10.9. The lowest BCUT2D eigenvalue weighted by Gasteiger charge is -2.11. The molecule has 0 aliphatic heterocycles. The quantitative estimate of drug-likeness (QED) is 0.384. The lowest BCUT2D eigenvalue weighted by Crippen LogP contribution is -2.08. The van der Waals surface area contributed by atoms with Gasteiger partial charge in [0.2, 0.25) is 5.91 Å². The molecule has 0 aromatic heterocycles. The monoisotopic (exact) mass is 451 g/mol. The minimum atomic E-state index is -0.232. The molecular weight excluding hydrogens is 426 g/mol. The summed E-state index contributed by atoms with van der Waals surface area (Å²) in [5.74, 6) is 1.73. The van der Waals surface area contributed by atoms with E-state index in [0.29, 0.717) is 28.8 Å². The Bertz CT molecular complexity index is 1060. The van der Waals surface area contributed by atoms with Gasteiger partial charge in [0.15, 0.2) is 11.5 Å². The Labute approximate surface area is 193 Å². The van der Waals surface area contributed by atoms with Crippen LogP contribution in [0.5, 0.6) is 17.2 Å². The molecule has 3 aromatic carbocycles. The summed E-state index contributed by atoms with van der Waals surface area (Å²) in [6.07, 6.45) is 3.29. The van der Waals surface area contributed by atoms with Crippen molar-refractivity contribution in [1.82, 2.24) is 0 Å². The molecule has 5 nitrogen and oxygen atoms in total. The SMILES string of the molecule is COc1cc(/C=C/C(=O)Nc2ccc(OC(C)C)cc2)ccc1OCc1ccc(Cl)cc1. The second-order valence-electron chi connectivity index (χ2n) is 7.34. The van der Waals surface area contributed by atoms with Gasteiger partial charge in [-0.2, -0.15) is 0 Å². The molecule has 0 atom stereocenters. The highest BCUT2D eigenvalue weighted by atomic mass is 35.5. The topological polar surface area (TPSA) is 56.8 Å². The fourth-order valence-corrected chi connectivity index (χ4v) is 3.02. The smallest absolute Gasteiger partial charge is 0.248 e. The van der Waals surface area contributed by atoms with Gasteiger partial charge in [0.1, 0.15) is 12.4 Å². The molecular formula is C26H26ClNO4. The predicted molar refractivity (Wildman–Crippen MR) is 129 cm³/mol. The highest BCUT2D eigenvalue weighted by molar-refractivity contribution is 6.30. The van der Waals surface area contributed by atoms with Crippen LogP contribution >= 0.6 is 11.6 Å². The summed E-state index contributed by atoms with van der Waals surface area (Å²) in [6.45, 7) is 4.33. The summed E-state index contributed by atoms with van der Waals surface area (Å²) in [5.41, 5.74) is 2.51. The van der Waals surface area contributed by atoms with Crippen LogP contribution in [0.2, 0.25) is 5.02 Å². The van der Waals surface area contributed by atoms with Crippen molar-refractivity contribution in [3.05, 3.63) is 89.0 Å². The molecule has 3 rings (SSSR count). The van der Waals surface area contributed by atoms with Crippen LogP contribution in [0.1, 0.15) is 25.0 Å². The fourth-order valence-electron chi connectivity index (χ4n) is 2.89. The number of amides is 1. The van der Waals surface area contributed by atoms with E-state index in [2.05, 4.69) is 5.32 Å². The first kappa shape index (κ1) is 23.2. The molecule has 0 aliphatic carbocycles. The van der Waals surface area contributed by atoms with Gasteiger partial charge in [0.05, 0.1) is 13.2 Å². The van der Waals surface area contributed by atoms with Crippen LogP contribution in [0.3, 0.4) is 0 Å². The zero-order valence-electron chi connectivity index (χ0n) is 18.3. The molecule has 0 fully saturated rings. The van der Waals surface area contributed by atoms with Crippen LogP contribution in [0.15, 0.2) is 72.8 Å². The number of benzene rings is 3. The first-order valence-corrected chi connectivity index (χ1v) is 10.6. The molecule has 0 saturated heterocycles. The van der Waals surface area contributed by atoms with E-state index in [1.165, 1.54) is 6.08 Å². The third kappa shape index (κ3) is 7.06. The van der Waals surface area contributed by atoms with Crippen LogP contribution in [-0.2, 0) is 11.4 Å². The third-order valence-electron chi connectivity index (χ3n) is 4.42. The van der Waals surface area contributed by atoms with E-state index in [4.69, 9.17) is 25.8 Å². The Balaban J connectivity index is 1.58. The highest BCUT2D eigenvalue weighted by Gasteiger charge is 2.06. The number of halogens is 1. The summed E-state index contributed by atoms with van der Waals surface area (Å²) in [7, 11) is 1.58. The van der Waals surface area contributed by atoms with Gasteiger partial charge in [-0.3, -0.25) is 4.79 Å². The summed E-state index contributed by atoms with van der Waals surface area (Å²) < 4.78 is 16.9. The van der Waals surface area contributed by atoms with Crippen LogP contribution < -0.4 is 19.5 Å². The van der Waals surface area contributed by atoms with Crippen molar-refractivity contribution in [2.75, 3.05) is 12.4 Å². The van der Waals surface area contributed by atoms with Crippen molar-refractivity contribution in [3.8, 4) is 17.2 Å². The number of ether oxygens (including phenoxy) is 3. The number of carbonyl (C=O) groups is 1. The van der Waals surface area contributed by atoms with Crippen LogP contribution in [0.4, 0.5) is 5.69 Å². The Morgan fingerprint density at radius 1 is 1.00 bits per heavy atom. The van der Waals surface area contributed by atoms with Gasteiger partial charge in [0, 0.05) is 16.8 Å². The van der Waals surface area contributed by atoms with Gasteiger partial charge in [-0.15, -0.1) is 0 Å². The molecule has 0 saturated carbocycles. The van der Waals surface area contributed by atoms with Gasteiger partial charge in [-0.05, 0) is 79.6 Å². The molecule has 6 heteroatoms. The van der Waals surface area contributed by atoms with Crippen molar-refractivity contribution < 1.29 is 19.0 Å². The number of rotatable bonds is 9. The Morgan fingerprint density at radius 3 is 2.38 bits per heavy atom. The first-order valence-electron chi connectivity index (χ1n) is 10.2. The lowest BCUT2D eigenvalue weighted by atomic mass is 10.2. The summed E-state index contributed by atoms with van der Waals surface area (Å²) in [6, 6.07) is 20.2. The number of methoxy groups -OCH3 is 1. The van der Waals surface area contributed by atoms with Gasteiger partial charge >= 0.3 is 0 Å². The standard InChI is InChI=1S/C26H26ClNO4/c1-18(2)32-23-12-10-22(11-13-23)28-26(29)15-7-19-6-14-24(25(16-19)30-3)31-17-20-4-8-21(27)9-5-20/h4-16,18H,17H2,1-3H3,(H,28,29)/b15-7+. The summed E-state index contributed by atoms with van der Waals surface area (Å²) >= 11 is 5.91. The van der Waals surface area contributed by atoms with Crippen LogP contribution in [0, 0.1) is 0 Å². The average Bonchev–Trinajstić information content (AvgIpc) is 2.78. The lowest BCUT2D eigenvalue weighted by molar-refractivity contribution is -0.111. The number of nitrogens with one attached hydrogen (secondary N) is 1. The molecule has 3 aromatic rings. The summed E-state index contributed by atoms with van der Waals surface area (Å²) in [4.78, 5) is 12.3. The van der Waals surface area contributed by atoms with E-state index in [1.807, 2.05) is 68.4 Å². The first-order chi connectivity index (χ1) is 15.4. The Hall–Kier alpha value is -3.44. The second-order valence-corrected chi connectivity index (χ2v) is 7.78. The molecule has 0 unspecified atom stereocenters. The Kier molecular flexibility index (Phi) is 8.17. The van der Waals surface area contributed by atoms with Crippen LogP contribution in [-0.4, -0.2) is 19.1 Å². The van der Waals surface area contributed by atoms with Gasteiger partial charge < -0.3 is 19.5 Å². The molecule has 32 heavy (non-hydrogen) atoms. The van der Waals surface area contributed by atoms with Crippen molar-refractivity contribution in [1.29, 1.82) is 0 Å². The molecule has 1 N–H and O–H groups in total. The Morgan fingerprint density at radius 2 is 1.72 bits per heavy atom. The van der Waals surface area contributed by atoms with Crippen LogP contribution in [0.25, 0.3) is 6.08 Å². The fraction of sp³-hybridized carbons (Fsp3) is 0.192. The van der Waals surface area contributed by atoms with Crippen molar-refractivity contribution in [2.24, 2.45) is 0 Å². The molecule has 0 heterocycles. The van der Waals surface area contributed by atoms with Gasteiger partial charge in [-0.1, -0.05) is 29.8 Å². The third-order valence-corrected chi connectivity index (χ3v) is 4.67. The van der Waals surface area contributed by atoms with Crippen molar-refractivity contribution in [3.63, 3.8) is 0 Å².